The lowest BCUT2D eigenvalue weighted by Crippen LogP contribution is -2.28. The maximum atomic E-state index is 12.7. The fraction of sp³-hybridized carbons (Fsp3) is 0.364. The molecule has 156 valence electrons. The molecular formula is C22H23N3O4S. The number of hydrogen-bond acceptors (Lipinski definition) is 6. The Labute approximate surface area is 177 Å². The first-order valence-corrected chi connectivity index (χ1v) is 10.8. The largest absolute Gasteiger partial charge is 0.462 e. The number of para-hydroxylation sites is 1. The molecule has 0 saturated heterocycles. The van der Waals surface area contributed by atoms with Gasteiger partial charge in [0.15, 0.2) is 0 Å². The molecule has 2 heterocycles. The van der Waals surface area contributed by atoms with E-state index in [9.17, 15) is 14.4 Å². The molecule has 1 aliphatic carbocycles. The van der Waals surface area contributed by atoms with Gasteiger partial charge in [0.1, 0.15) is 11.5 Å². The van der Waals surface area contributed by atoms with Crippen molar-refractivity contribution < 1.29 is 14.3 Å². The quantitative estimate of drug-likeness (QED) is 0.633. The molecule has 1 amide bonds. The lowest BCUT2D eigenvalue weighted by Gasteiger charge is -2.18. The number of thiophene rings is 1. The Morgan fingerprint density at radius 2 is 2.13 bits per heavy atom. The maximum Gasteiger partial charge on any atom is 0.341 e. The summed E-state index contributed by atoms with van der Waals surface area (Å²) in [7, 11) is 0. The van der Waals surface area contributed by atoms with E-state index in [0.717, 1.165) is 29.7 Å². The molecule has 2 aromatic heterocycles. The second-order valence-corrected chi connectivity index (χ2v) is 8.62. The topological polar surface area (TPSA) is 90.3 Å². The van der Waals surface area contributed by atoms with E-state index in [0.29, 0.717) is 27.4 Å². The highest BCUT2D eigenvalue weighted by Crippen LogP contribution is 2.40. The fourth-order valence-corrected chi connectivity index (χ4v) is 5.21. The van der Waals surface area contributed by atoms with Crippen LogP contribution in [0.15, 0.2) is 35.4 Å². The van der Waals surface area contributed by atoms with Crippen LogP contribution >= 0.6 is 11.3 Å². The third-order valence-electron chi connectivity index (χ3n) is 5.29. The Hall–Kier alpha value is -3.00. The van der Waals surface area contributed by atoms with Crippen molar-refractivity contribution in [2.45, 2.75) is 39.7 Å². The second-order valence-electron chi connectivity index (χ2n) is 7.52. The highest BCUT2D eigenvalue weighted by atomic mass is 32.1. The number of esters is 1. The lowest BCUT2D eigenvalue weighted by atomic mass is 9.88. The Kier molecular flexibility index (Phi) is 5.67. The van der Waals surface area contributed by atoms with Gasteiger partial charge >= 0.3 is 5.97 Å². The van der Waals surface area contributed by atoms with Crippen molar-refractivity contribution >= 4 is 39.1 Å². The number of hydrogen-bond donors (Lipinski definition) is 1. The standard InChI is InChI=1S/C22H23N3O4S/c1-3-29-22(28)19-15-9-8-13(2)10-17(15)30-20(19)24-18(26)11-25-12-23-16-7-5-4-6-14(16)21(25)27/h4-7,12-13H,3,8-11H2,1-2H3,(H,24,26). The van der Waals surface area contributed by atoms with Gasteiger partial charge in [-0.1, -0.05) is 19.1 Å². The third kappa shape index (κ3) is 3.87. The van der Waals surface area contributed by atoms with Crippen LogP contribution in [0.4, 0.5) is 5.00 Å². The molecule has 0 radical (unpaired) electrons. The molecule has 0 aliphatic heterocycles. The number of ether oxygens (including phenoxy) is 1. The van der Waals surface area contributed by atoms with E-state index in [1.165, 1.54) is 22.2 Å². The summed E-state index contributed by atoms with van der Waals surface area (Å²) in [6.45, 7) is 4.03. The molecule has 0 fully saturated rings. The zero-order valence-electron chi connectivity index (χ0n) is 16.9. The minimum Gasteiger partial charge on any atom is -0.462 e. The van der Waals surface area contributed by atoms with Crippen molar-refractivity contribution in [1.29, 1.82) is 0 Å². The number of nitrogens with zero attached hydrogens (tertiary/aromatic N) is 2. The van der Waals surface area contributed by atoms with Crippen LogP contribution in [0.3, 0.4) is 0 Å². The van der Waals surface area contributed by atoms with Crippen LogP contribution in [-0.2, 0) is 28.9 Å². The Morgan fingerprint density at radius 1 is 1.33 bits per heavy atom. The van der Waals surface area contributed by atoms with Gasteiger partial charge in [0.2, 0.25) is 5.91 Å². The summed E-state index contributed by atoms with van der Waals surface area (Å²) in [5, 5.41) is 3.80. The Bertz CT molecular complexity index is 1180. The number of fused-ring (bicyclic) bond motifs is 2. The number of carbonyl (C=O) groups is 2. The maximum absolute atomic E-state index is 12.7. The van der Waals surface area contributed by atoms with Gasteiger partial charge in [-0.25, -0.2) is 9.78 Å². The summed E-state index contributed by atoms with van der Waals surface area (Å²) < 4.78 is 6.51. The first-order chi connectivity index (χ1) is 14.5. The van der Waals surface area contributed by atoms with E-state index >= 15 is 0 Å². The summed E-state index contributed by atoms with van der Waals surface area (Å²) in [6.07, 6.45) is 4.06. The zero-order valence-corrected chi connectivity index (χ0v) is 17.8. The molecule has 8 heteroatoms. The van der Waals surface area contributed by atoms with Crippen molar-refractivity contribution in [2.75, 3.05) is 11.9 Å². The Balaban J connectivity index is 1.61. The van der Waals surface area contributed by atoms with Gasteiger partial charge < -0.3 is 10.1 Å². The summed E-state index contributed by atoms with van der Waals surface area (Å²) in [5.41, 5.74) is 1.75. The SMILES string of the molecule is CCOC(=O)c1c(NC(=O)Cn2cnc3ccccc3c2=O)sc2c1CCC(C)C2. The zero-order chi connectivity index (χ0) is 21.3. The molecule has 1 atom stereocenters. The summed E-state index contributed by atoms with van der Waals surface area (Å²) >= 11 is 1.43. The van der Waals surface area contributed by atoms with E-state index in [2.05, 4.69) is 17.2 Å². The molecular weight excluding hydrogens is 402 g/mol. The molecule has 30 heavy (non-hydrogen) atoms. The molecule has 0 saturated carbocycles. The van der Waals surface area contributed by atoms with Crippen LogP contribution in [0.2, 0.25) is 0 Å². The van der Waals surface area contributed by atoms with E-state index in [4.69, 9.17) is 4.74 Å². The van der Waals surface area contributed by atoms with Crippen LogP contribution in [0.1, 0.15) is 41.1 Å². The molecule has 1 N–H and O–H groups in total. The van der Waals surface area contributed by atoms with E-state index < -0.39 is 5.97 Å². The highest BCUT2D eigenvalue weighted by molar-refractivity contribution is 7.17. The van der Waals surface area contributed by atoms with E-state index in [1.54, 1.807) is 25.1 Å². The summed E-state index contributed by atoms with van der Waals surface area (Å²) in [6, 6.07) is 7.01. The molecule has 7 nitrogen and oxygen atoms in total. The first kappa shape index (κ1) is 20.3. The first-order valence-electron chi connectivity index (χ1n) is 10.0. The van der Waals surface area contributed by atoms with Gasteiger partial charge in [0, 0.05) is 4.88 Å². The normalized spacial score (nSPS) is 15.6. The second kappa shape index (κ2) is 8.39. The molecule has 0 spiro atoms. The van der Waals surface area contributed by atoms with Gasteiger partial charge in [-0.3, -0.25) is 14.2 Å². The number of amides is 1. The van der Waals surface area contributed by atoms with Crippen LogP contribution in [0.25, 0.3) is 10.9 Å². The number of rotatable bonds is 5. The summed E-state index contributed by atoms with van der Waals surface area (Å²) in [5.74, 6) is -0.257. The molecule has 1 aromatic carbocycles. The van der Waals surface area contributed by atoms with Crippen molar-refractivity contribution in [2.24, 2.45) is 5.92 Å². The van der Waals surface area contributed by atoms with Crippen molar-refractivity contribution in [3.63, 3.8) is 0 Å². The smallest absolute Gasteiger partial charge is 0.341 e. The lowest BCUT2D eigenvalue weighted by molar-refractivity contribution is -0.116. The van der Waals surface area contributed by atoms with Crippen molar-refractivity contribution in [3.05, 3.63) is 57.0 Å². The van der Waals surface area contributed by atoms with Gasteiger partial charge in [-0.05, 0) is 49.8 Å². The fourth-order valence-electron chi connectivity index (χ4n) is 3.80. The Morgan fingerprint density at radius 3 is 2.93 bits per heavy atom. The molecule has 4 rings (SSSR count). The predicted octanol–water partition coefficient (Wildman–Crippen LogP) is 3.40. The minimum atomic E-state index is -0.413. The minimum absolute atomic E-state index is 0.183. The van der Waals surface area contributed by atoms with Crippen molar-refractivity contribution in [1.82, 2.24) is 9.55 Å². The number of benzene rings is 1. The molecule has 1 aliphatic rings. The van der Waals surface area contributed by atoms with Crippen LogP contribution in [0, 0.1) is 5.92 Å². The van der Waals surface area contributed by atoms with Crippen LogP contribution in [-0.4, -0.2) is 28.0 Å². The van der Waals surface area contributed by atoms with Gasteiger partial charge in [-0.15, -0.1) is 11.3 Å². The van der Waals surface area contributed by atoms with Gasteiger partial charge in [0.25, 0.3) is 5.56 Å². The average Bonchev–Trinajstić information content (AvgIpc) is 3.07. The van der Waals surface area contributed by atoms with E-state index in [-0.39, 0.29) is 24.6 Å². The summed E-state index contributed by atoms with van der Waals surface area (Å²) in [4.78, 5) is 43.3. The molecule has 3 aromatic rings. The highest BCUT2D eigenvalue weighted by Gasteiger charge is 2.29. The predicted molar refractivity (Wildman–Crippen MR) is 116 cm³/mol. The van der Waals surface area contributed by atoms with Crippen molar-refractivity contribution in [3.8, 4) is 0 Å². The van der Waals surface area contributed by atoms with Gasteiger partial charge in [-0.2, -0.15) is 0 Å². The molecule has 0 bridgehead atoms. The third-order valence-corrected chi connectivity index (χ3v) is 6.46. The molecule has 1 unspecified atom stereocenters. The average molecular weight is 426 g/mol. The number of aromatic nitrogens is 2. The van der Waals surface area contributed by atoms with Gasteiger partial charge in [0.05, 0.1) is 29.4 Å². The van der Waals surface area contributed by atoms with Crippen LogP contribution in [0.5, 0.6) is 0 Å². The monoisotopic (exact) mass is 425 g/mol. The number of anilines is 1. The number of nitrogens with one attached hydrogen (secondary N) is 1. The van der Waals surface area contributed by atoms with E-state index in [1.807, 2.05) is 6.07 Å². The number of carbonyl (C=O) groups excluding carboxylic acids is 2. The van der Waals surface area contributed by atoms with Crippen LogP contribution < -0.4 is 10.9 Å².